The van der Waals surface area contributed by atoms with Crippen LogP contribution < -0.4 is 14.2 Å². The Morgan fingerprint density at radius 1 is 1.31 bits per heavy atom. The fraction of sp³-hybridized carbons (Fsp3) is 0.263. The molecular formula is C19H17F2N3O4S. The van der Waals surface area contributed by atoms with E-state index in [2.05, 4.69) is 31.0 Å². The van der Waals surface area contributed by atoms with Gasteiger partial charge in [-0.05, 0) is 13.8 Å². The Bertz CT molecular complexity index is 1100. The number of pyridine rings is 1. The van der Waals surface area contributed by atoms with Crippen molar-refractivity contribution < 1.29 is 27.2 Å². The number of aromatic amines is 1. The van der Waals surface area contributed by atoms with Crippen molar-refractivity contribution in [2.24, 2.45) is 0 Å². The van der Waals surface area contributed by atoms with Gasteiger partial charge in [0.1, 0.15) is 12.4 Å². The summed E-state index contributed by atoms with van der Waals surface area (Å²) in [5.41, 5.74) is 3.03. The van der Waals surface area contributed by atoms with Crippen LogP contribution in [-0.2, 0) is 16.6 Å². The van der Waals surface area contributed by atoms with E-state index < -0.39 is 17.1 Å². The molecule has 0 spiro atoms. The normalized spacial score (nSPS) is 15.4. The Hall–Kier alpha value is -3.01. The zero-order chi connectivity index (χ0) is 20.8. The first-order valence-electron chi connectivity index (χ1n) is 8.64. The van der Waals surface area contributed by atoms with E-state index in [0.29, 0.717) is 29.1 Å². The van der Waals surface area contributed by atoms with Crippen LogP contribution in [0.25, 0.3) is 11.0 Å². The summed E-state index contributed by atoms with van der Waals surface area (Å²) in [5, 5.41) is 0.200. The topological polar surface area (TPSA) is 86.3 Å². The number of fused-ring (bicyclic) bond motifs is 2. The lowest BCUT2D eigenvalue weighted by atomic mass is 10.1. The third kappa shape index (κ3) is 3.67. The molecule has 1 atom stereocenters. The Labute approximate surface area is 167 Å². The molecule has 0 bridgehead atoms. The predicted octanol–water partition coefficient (Wildman–Crippen LogP) is 3.77. The third-order valence-electron chi connectivity index (χ3n) is 4.36. The molecule has 1 aromatic carbocycles. The Balaban J connectivity index is 1.60. The van der Waals surface area contributed by atoms with E-state index in [4.69, 9.17) is 4.74 Å². The summed E-state index contributed by atoms with van der Waals surface area (Å²) in [6, 6.07) is 2.66. The molecule has 3 aromatic rings. The molecule has 0 fully saturated rings. The number of nitrogens with zero attached hydrogens (tertiary/aromatic N) is 2. The highest BCUT2D eigenvalue weighted by molar-refractivity contribution is 7.84. The number of aromatic nitrogens is 3. The highest BCUT2D eigenvalue weighted by Crippen LogP contribution is 2.42. The second-order valence-electron chi connectivity index (χ2n) is 6.46. The molecule has 1 aliphatic rings. The van der Waals surface area contributed by atoms with Crippen molar-refractivity contribution in [3.05, 3.63) is 47.8 Å². The van der Waals surface area contributed by atoms with Crippen LogP contribution in [0.3, 0.4) is 0 Å². The molecule has 7 nitrogen and oxygen atoms in total. The summed E-state index contributed by atoms with van der Waals surface area (Å²) in [6.07, 6.45) is -0.394. The highest BCUT2D eigenvalue weighted by Gasteiger charge is 2.43. The maximum Gasteiger partial charge on any atom is 0.586 e. The standard InChI is InChI=1S/C19H17F2N3O4S/c1-4-5-26-17-10(2)8-22-14(11(17)3)9-29(25)18-23-12-6-15-16(7-13(12)24-18)28-19(20,21)27-15/h4,6-8H,1,5,9H2,2-3H3,(H,23,24). The van der Waals surface area contributed by atoms with Gasteiger partial charge >= 0.3 is 6.29 Å². The lowest BCUT2D eigenvalue weighted by Crippen LogP contribution is -2.25. The molecule has 0 aliphatic carbocycles. The van der Waals surface area contributed by atoms with E-state index in [1.54, 1.807) is 12.3 Å². The van der Waals surface area contributed by atoms with Crippen molar-refractivity contribution in [3.8, 4) is 17.2 Å². The molecule has 1 unspecified atom stereocenters. The number of halogens is 2. The van der Waals surface area contributed by atoms with Crippen molar-refractivity contribution in [2.45, 2.75) is 31.1 Å². The van der Waals surface area contributed by atoms with Crippen molar-refractivity contribution in [2.75, 3.05) is 6.61 Å². The quantitative estimate of drug-likeness (QED) is 0.610. The summed E-state index contributed by atoms with van der Waals surface area (Å²) in [6.45, 7) is 7.72. The molecular weight excluding hydrogens is 404 g/mol. The van der Waals surface area contributed by atoms with Gasteiger partial charge in [0.25, 0.3) is 0 Å². The number of aryl methyl sites for hydroxylation is 1. The van der Waals surface area contributed by atoms with Gasteiger partial charge in [0.05, 0.1) is 33.3 Å². The number of imidazole rings is 1. The predicted molar refractivity (Wildman–Crippen MR) is 102 cm³/mol. The number of H-pyrrole nitrogens is 1. The van der Waals surface area contributed by atoms with Gasteiger partial charge in [-0.1, -0.05) is 12.7 Å². The molecule has 29 heavy (non-hydrogen) atoms. The van der Waals surface area contributed by atoms with Crippen LogP contribution in [0.15, 0.2) is 36.1 Å². The summed E-state index contributed by atoms with van der Waals surface area (Å²) in [5.74, 6) is 0.569. The maximum atomic E-state index is 13.2. The molecule has 0 amide bonds. The molecule has 0 radical (unpaired) electrons. The SMILES string of the molecule is C=CCOc1c(C)cnc(CS(=O)c2nc3cc4c(cc3[nH]2)OC(F)(F)O4)c1C. The lowest BCUT2D eigenvalue weighted by Gasteiger charge is -2.13. The molecule has 3 heterocycles. The first-order chi connectivity index (χ1) is 13.8. The number of rotatable bonds is 6. The fourth-order valence-corrected chi connectivity index (χ4v) is 4.10. The van der Waals surface area contributed by atoms with Gasteiger partial charge in [-0.25, -0.2) is 4.98 Å². The molecule has 2 aromatic heterocycles. The van der Waals surface area contributed by atoms with E-state index >= 15 is 0 Å². The van der Waals surface area contributed by atoms with Crippen LogP contribution in [0.2, 0.25) is 0 Å². The van der Waals surface area contributed by atoms with Crippen LogP contribution in [0, 0.1) is 13.8 Å². The number of ether oxygens (including phenoxy) is 3. The minimum Gasteiger partial charge on any atom is -0.489 e. The van der Waals surface area contributed by atoms with E-state index in [1.165, 1.54) is 12.1 Å². The Morgan fingerprint density at radius 3 is 2.76 bits per heavy atom. The largest absolute Gasteiger partial charge is 0.586 e. The monoisotopic (exact) mass is 421 g/mol. The minimum atomic E-state index is -3.70. The van der Waals surface area contributed by atoms with E-state index in [0.717, 1.165) is 11.1 Å². The molecule has 0 saturated heterocycles. The number of hydrogen-bond donors (Lipinski definition) is 1. The number of nitrogens with one attached hydrogen (secondary N) is 1. The van der Waals surface area contributed by atoms with E-state index in [9.17, 15) is 13.0 Å². The van der Waals surface area contributed by atoms with Crippen molar-refractivity contribution in [3.63, 3.8) is 0 Å². The van der Waals surface area contributed by atoms with Gasteiger partial charge in [-0.3, -0.25) is 9.19 Å². The number of hydrogen-bond acceptors (Lipinski definition) is 6. The average molecular weight is 421 g/mol. The molecule has 1 N–H and O–H groups in total. The van der Waals surface area contributed by atoms with Gasteiger partial charge in [-0.15, -0.1) is 8.78 Å². The lowest BCUT2D eigenvalue weighted by molar-refractivity contribution is -0.286. The zero-order valence-electron chi connectivity index (χ0n) is 15.6. The second-order valence-corrected chi connectivity index (χ2v) is 7.82. The molecule has 1 aliphatic heterocycles. The average Bonchev–Trinajstić information content (AvgIpc) is 3.19. The number of alkyl halides is 2. The molecule has 152 valence electrons. The molecule has 4 rings (SSSR count). The minimum absolute atomic E-state index is 0.108. The summed E-state index contributed by atoms with van der Waals surface area (Å²) in [4.78, 5) is 11.5. The van der Waals surface area contributed by atoms with E-state index in [1.807, 2.05) is 13.8 Å². The van der Waals surface area contributed by atoms with Crippen LogP contribution in [0.4, 0.5) is 8.78 Å². The van der Waals surface area contributed by atoms with Crippen LogP contribution in [0.1, 0.15) is 16.8 Å². The number of benzene rings is 1. The van der Waals surface area contributed by atoms with Crippen molar-refractivity contribution in [1.82, 2.24) is 15.0 Å². The highest BCUT2D eigenvalue weighted by atomic mass is 32.2. The summed E-state index contributed by atoms with van der Waals surface area (Å²) in [7, 11) is -1.55. The van der Waals surface area contributed by atoms with Gasteiger partial charge in [0.2, 0.25) is 0 Å². The smallest absolute Gasteiger partial charge is 0.489 e. The first kappa shape index (κ1) is 19.3. The zero-order valence-corrected chi connectivity index (χ0v) is 16.4. The fourth-order valence-electron chi connectivity index (χ4n) is 3.00. The second kappa shape index (κ2) is 7.11. The van der Waals surface area contributed by atoms with Gasteiger partial charge in [0.15, 0.2) is 16.7 Å². The van der Waals surface area contributed by atoms with Crippen molar-refractivity contribution >= 4 is 21.8 Å². The summed E-state index contributed by atoms with van der Waals surface area (Å²) < 4.78 is 53.7. The Morgan fingerprint density at radius 2 is 2.03 bits per heavy atom. The van der Waals surface area contributed by atoms with Crippen LogP contribution in [0.5, 0.6) is 17.2 Å². The maximum absolute atomic E-state index is 13.2. The Kier molecular flexibility index (Phi) is 4.73. The van der Waals surface area contributed by atoms with E-state index in [-0.39, 0.29) is 22.4 Å². The van der Waals surface area contributed by atoms with Gasteiger partial charge in [-0.2, -0.15) is 0 Å². The van der Waals surface area contributed by atoms with Crippen molar-refractivity contribution in [1.29, 1.82) is 0 Å². The molecule has 10 heteroatoms. The van der Waals surface area contributed by atoms with Crippen LogP contribution >= 0.6 is 0 Å². The van der Waals surface area contributed by atoms with Gasteiger partial charge in [0, 0.05) is 29.5 Å². The first-order valence-corrected chi connectivity index (χ1v) is 9.96. The van der Waals surface area contributed by atoms with Gasteiger partial charge < -0.3 is 19.2 Å². The summed E-state index contributed by atoms with van der Waals surface area (Å²) >= 11 is 0. The third-order valence-corrected chi connectivity index (χ3v) is 5.52. The van der Waals surface area contributed by atoms with Crippen LogP contribution in [-0.4, -0.2) is 32.1 Å². The molecule has 0 saturated carbocycles.